The lowest BCUT2D eigenvalue weighted by atomic mass is 10.1. The number of carbonyl (C=O) groups is 1. The predicted octanol–water partition coefficient (Wildman–Crippen LogP) is 5.26. The number of nitrogens with zero attached hydrogens (tertiary/aromatic N) is 2. The Hall–Kier alpha value is -3.85. The number of fused-ring (bicyclic) bond motifs is 1. The third-order valence-electron chi connectivity index (χ3n) is 5.71. The van der Waals surface area contributed by atoms with Crippen LogP contribution in [0, 0.1) is 5.82 Å². The fourth-order valence-corrected chi connectivity index (χ4v) is 4.76. The van der Waals surface area contributed by atoms with Crippen molar-refractivity contribution in [3.8, 4) is 11.5 Å². The van der Waals surface area contributed by atoms with Crippen molar-refractivity contribution in [1.82, 2.24) is 0 Å². The Morgan fingerprint density at radius 2 is 2.03 bits per heavy atom. The van der Waals surface area contributed by atoms with Crippen molar-refractivity contribution in [3.05, 3.63) is 82.7 Å². The molecule has 7 nitrogen and oxygen atoms in total. The van der Waals surface area contributed by atoms with Crippen LogP contribution < -0.4 is 15.8 Å². The molecule has 1 heterocycles. The van der Waals surface area contributed by atoms with Gasteiger partial charge in [-0.2, -0.15) is 0 Å². The van der Waals surface area contributed by atoms with Gasteiger partial charge in [-0.3, -0.25) is 9.79 Å². The van der Waals surface area contributed by atoms with Gasteiger partial charge in [0.25, 0.3) is 0 Å². The minimum absolute atomic E-state index is 0.0885. The summed E-state index contributed by atoms with van der Waals surface area (Å²) in [5.41, 5.74) is 10.6. The van der Waals surface area contributed by atoms with Crippen LogP contribution in [0.5, 0.6) is 11.5 Å². The predicted molar refractivity (Wildman–Crippen MR) is 142 cm³/mol. The van der Waals surface area contributed by atoms with Crippen molar-refractivity contribution < 1.29 is 19.0 Å². The van der Waals surface area contributed by atoms with Crippen LogP contribution in [0.1, 0.15) is 28.7 Å². The third kappa shape index (κ3) is 6.23. The zero-order chi connectivity index (χ0) is 25.5. The van der Waals surface area contributed by atoms with Gasteiger partial charge in [-0.1, -0.05) is 36.4 Å². The summed E-state index contributed by atoms with van der Waals surface area (Å²) in [7, 11) is 0. The standard InChI is InChI=1S/C27H27FN4O3S/c1-36-26-21-10-11-31-23(21)14-22(28)25(26)35-20-7-3-6-19(13-20)27(29)32-16-30-15-18-5-2-4-17(12-18)8-9-24(33)34/h2-7,12-14,16,31H,8-11,15H2,1H3,(H,33,34)(H2,29,30,32). The topological polar surface area (TPSA) is 109 Å². The average Bonchev–Trinajstić information content (AvgIpc) is 3.34. The van der Waals surface area contributed by atoms with Gasteiger partial charge in [0.15, 0.2) is 11.6 Å². The van der Waals surface area contributed by atoms with E-state index in [0.29, 0.717) is 24.3 Å². The molecule has 1 aliphatic heterocycles. The number of hydrogen-bond donors (Lipinski definition) is 3. The lowest BCUT2D eigenvalue weighted by molar-refractivity contribution is -0.136. The number of thioether (sulfide) groups is 1. The van der Waals surface area contributed by atoms with Gasteiger partial charge < -0.3 is 20.9 Å². The molecule has 9 heteroatoms. The molecule has 3 aromatic carbocycles. The first kappa shape index (κ1) is 25.2. The van der Waals surface area contributed by atoms with Crippen LogP contribution in [-0.2, 0) is 24.2 Å². The molecule has 0 radical (unpaired) electrons. The number of aliphatic carboxylic acids is 1. The molecule has 4 rings (SSSR count). The summed E-state index contributed by atoms with van der Waals surface area (Å²) < 4.78 is 20.8. The molecule has 0 spiro atoms. The van der Waals surface area contributed by atoms with Crippen LogP contribution >= 0.6 is 11.8 Å². The largest absolute Gasteiger partial charge is 0.481 e. The maximum atomic E-state index is 14.8. The second-order valence-electron chi connectivity index (χ2n) is 8.24. The smallest absolute Gasteiger partial charge is 0.303 e. The van der Waals surface area contributed by atoms with Gasteiger partial charge in [0.2, 0.25) is 0 Å². The van der Waals surface area contributed by atoms with E-state index in [1.807, 2.05) is 30.5 Å². The number of carboxylic acid groups (broad SMARTS) is 1. The molecular formula is C27H27FN4O3S. The first-order chi connectivity index (χ1) is 17.4. The number of aryl methyl sites for hydroxylation is 1. The van der Waals surface area contributed by atoms with E-state index >= 15 is 0 Å². The molecule has 1 aliphatic rings. The highest BCUT2D eigenvalue weighted by Crippen LogP contribution is 2.42. The summed E-state index contributed by atoms with van der Waals surface area (Å²) in [4.78, 5) is 20.1. The van der Waals surface area contributed by atoms with E-state index in [2.05, 4.69) is 15.3 Å². The molecule has 0 bridgehead atoms. The highest BCUT2D eigenvalue weighted by Gasteiger charge is 2.22. The zero-order valence-electron chi connectivity index (χ0n) is 19.8. The number of benzene rings is 3. The lowest BCUT2D eigenvalue weighted by Crippen LogP contribution is -2.13. The Balaban J connectivity index is 1.43. The van der Waals surface area contributed by atoms with E-state index in [9.17, 15) is 9.18 Å². The monoisotopic (exact) mass is 506 g/mol. The summed E-state index contributed by atoms with van der Waals surface area (Å²) in [6, 6.07) is 16.2. The van der Waals surface area contributed by atoms with Crippen molar-refractivity contribution in [3.63, 3.8) is 0 Å². The third-order valence-corrected chi connectivity index (χ3v) is 6.55. The number of nitrogens with one attached hydrogen (secondary N) is 1. The first-order valence-corrected chi connectivity index (χ1v) is 12.7. The summed E-state index contributed by atoms with van der Waals surface area (Å²) in [6.45, 7) is 1.18. The second kappa shape index (κ2) is 11.7. The van der Waals surface area contributed by atoms with Gasteiger partial charge in [0.05, 0.1) is 11.4 Å². The number of hydrogen-bond acceptors (Lipinski definition) is 5. The number of carboxylic acids is 1. The number of rotatable bonds is 10. The van der Waals surface area contributed by atoms with Gasteiger partial charge in [-0.15, -0.1) is 11.8 Å². The highest BCUT2D eigenvalue weighted by molar-refractivity contribution is 7.98. The zero-order valence-corrected chi connectivity index (χ0v) is 20.6. The first-order valence-electron chi connectivity index (χ1n) is 11.5. The van der Waals surface area contributed by atoms with E-state index in [1.165, 1.54) is 24.2 Å². The maximum absolute atomic E-state index is 14.8. The van der Waals surface area contributed by atoms with Crippen LogP contribution in [0.3, 0.4) is 0 Å². The van der Waals surface area contributed by atoms with Crippen molar-refractivity contribution in [2.75, 3.05) is 18.1 Å². The number of amidine groups is 1. The molecule has 0 amide bonds. The number of aliphatic imine (C=N–C) groups is 2. The molecule has 0 saturated carbocycles. The highest BCUT2D eigenvalue weighted by atomic mass is 32.2. The number of ether oxygens (including phenoxy) is 1. The summed E-state index contributed by atoms with van der Waals surface area (Å²) in [5.74, 6) is -0.315. The molecule has 4 N–H and O–H groups in total. The Labute approximate surface area is 213 Å². The molecule has 0 aliphatic carbocycles. The Bertz CT molecular complexity index is 1330. The minimum Gasteiger partial charge on any atom is -0.481 e. The van der Waals surface area contributed by atoms with Crippen LogP contribution in [0.2, 0.25) is 0 Å². The van der Waals surface area contributed by atoms with E-state index in [1.54, 1.807) is 24.3 Å². The molecule has 186 valence electrons. The van der Waals surface area contributed by atoms with E-state index in [0.717, 1.165) is 40.2 Å². The van der Waals surface area contributed by atoms with Crippen molar-refractivity contribution >= 4 is 35.6 Å². The van der Waals surface area contributed by atoms with Crippen LogP contribution in [0.25, 0.3) is 0 Å². The molecule has 0 saturated heterocycles. The van der Waals surface area contributed by atoms with Crippen LogP contribution in [0.4, 0.5) is 10.1 Å². The van der Waals surface area contributed by atoms with E-state index in [4.69, 9.17) is 15.6 Å². The number of halogens is 1. The Morgan fingerprint density at radius 1 is 1.22 bits per heavy atom. The summed E-state index contributed by atoms with van der Waals surface area (Å²) >= 11 is 1.46. The normalized spacial score (nSPS) is 13.0. The summed E-state index contributed by atoms with van der Waals surface area (Å²) in [5, 5.41) is 12.0. The molecule has 0 atom stereocenters. The molecule has 0 fully saturated rings. The van der Waals surface area contributed by atoms with Gasteiger partial charge in [0.1, 0.15) is 17.9 Å². The van der Waals surface area contributed by atoms with Gasteiger partial charge >= 0.3 is 5.97 Å². The molecular weight excluding hydrogens is 479 g/mol. The molecule has 0 aromatic heterocycles. The van der Waals surface area contributed by atoms with Gasteiger partial charge in [0, 0.05) is 30.3 Å². The van der Waals surface area contributed by atoms with E-state index in [-0.39, 0.29) is 18.0 Å². The molecule has 0 unspecified atom stereocenters. The van der Waals surface area contributed by atoms with Crippen LogP contribution in [0.15, 0.2) is 69.5 Å². The van der Waals surface area contributed by atoms with Gasteiger partial charge in [-0.25, -0.2) is 9.38 Å². The average molecular weight is 507 g/mol. The quantitative estimate of drug-likeness (QED) is 0.197. The molecule has 36 heavy (non-hydrogen) atoms. The van der Waals surface area contributed by atoms with Crippen molar-refractivity contribution in [1.29, 1.82) is 0 Å². The SMILES string of the molecule is CSc1c2c(cc(F)c1Oc1cccc(C(N)=NC=NCc3cccc(CCC(=O)O)c3)c1)NCC2. The maximum Gasteiger partial charge on any atom is 0.303 e. The summed E-state index contributed by atoms with van der Waals surface area (Å²) in [6.07, 6.45) is 4.69. The van der Waals surface area contributed by atoms with Crippen molar-refractivity contribution in [2.45, 2.75) is 30.7 Å². The lowest BCUT2D eigenvalue weighted by Gasteiger charge is -2.15. The van der Waals surface area contributed by atoms with Crippen LogP contribution in [-0.4, -0.2) is 36.1 Å². The fourth-order valence-electron chi connectivity index (χ4n) is 3.98. The van der Waals surface area contributed by atoms with E-state index < -0.39 is 11.8 Å². The second-order valence-corrected chi connectivity index (χ2v) is 9.05. The van der Waals surface area contributed by atoms with Crippen molar-refractivity contribution in [2.24, 2.45) is 15.7 Å². The number of nitrogens with two attached hydrogens (primary N) is 1. The minimum atomic E-state index is -0.822. The number of anilines is 1. The molecule has 3 aromatic rings. The fraction of sp³-hybridized carbons (Fsp3) is 0.222. The Morgan fingerprint density at radius 3 is 2.83 bits per heavy atom. The van der Waals surface area contributed by atoms with Gasteiger partial charge in [-0.05, 0) is 47.9 Å². The Kier molecular flexibility index (Phi) is 8.22.